The average Bonchev–Trinajstić information content (AvgIpc) is 2.78. The fourth-order valence-corrected chi connectivity index (χ4v) is 3.27. The first-order valence-corrected chi connectivity index (χ1v) is 9.60. The number of hydrogen-bond acceptors (Lipinski definition) is 5. The molecule has 7 nitrogen and oxygen atoms in total. The molecular formula is C23H21N3O4. The van der Waals surface area contributed by atoms with E-state index in [-0.39, 0.29) is 11.5 Å². The molecule has 0 aliphatic rings. The number of amides is 1. The first kappa shape index (κ1) is 19.4. The number of rotatable bonds is 6. The van der Waals surface area contributed by atoms with Crippen molar-refractivity contribution in [2.45, 2.75) is 13.5 Å². The van der Waals surface area contributed by atoms with Crippen molar-refractivity contribution < 1.29 is 14.3 Å². The fourth-order valence-electron chi connectivity index (χ4n) is 3.27. The van der Waals surface area contributed by atoms with E-state index in [0.717, 1.165) is 5.56 Å². The highest BCUT2D eigenvalue weighted by Crippen LogP contribution is 2.28. The van der Waals surface area contributed by atoms with Crippen molar-refractivity contribution in [1.82, 2.24) is 14.7 Å². The van der Waals surface area contributed by atoms with Crippen molar-refractivity contribution in [2.24, 2.45) is 0 Å². The Morgan fingerprint density at radius 3 is 2.73 bits per heavy atom. The van der Waals surface area contributed by atoms with Crippen molar-refractivity contribution in [3.8, 4) is 11.5 Å². The lowest BCUT2D eigenvalue weighted by Gasteiger charge is -2.12. The van der Waals surface area contributed by atoms with E-state index in [1.54, 1.807) is 43.5 Å². The summed E-state index contributed by atoms with van der Waals surface area (Å²) < 4.78 is 12.3. The van der Waals surface area contributed by atoms with Crippen LogP contribution in [-0.4, -0.2) is 29.0 Å². The van der Waals surface area contributed by atoms with Gasteiger partial charge in [-0.05, 0) is 48.9 Å². The van der Waals surface area contributed by atoms with Crippen molar-refractivity contribution in [1.29, 1.82) is 0 Å². The van der Waals surface area contributed by atoms with Gasteiger partial charge in [0, 0.05) is 12.7 Å². The van der Waals surface area contributed by atoms with E-state index in [1.165, 1.54) is 10.6 Å². The van der Waals surface area contributed by atoms with Gasteiger partial charge in [-0.25, -0.2) is 4.98 Å². The van der Waals surface area contributed by atoms with Crippen LogP contribution in [0.15, 0.2) is 65.6 Å². The molecule has 0 radical (unpaired) electrons. The van der Waals surface area contributed by atoms with Crippen LogP contribution in [0.25, 0.3) is 16.6 Å². The Labute approximate surface area is 172 Å². The SMILES string of the molecule is CCOc1cc(CNC(=O)c2ccc3nc4ccccc4c(=O)n3c2)ccc1OC. The van der Waals surface area contributed by atoms with Gasteiger partial charge >= 0.3 is 0 Å². The second-order valence-electron chi connectivity index (χ2n) is 6.68. The summed E-state index contributed by atoms with van der Waals surface area (Å²) in [4.78, 5) is 29.9. The van der Waals surface area contributed by atoms with E-state index in [2.05, 4.69) is 10.3 Å². The Balaban J connectivity index is 1.58. The molecule has 1 amide bonds. The number of methoxy groups -OCH3 is 1. The van der Waals surface area contributed by atoms with Gasteiger partial charge in [-0.2, -0.15) is 0 Å². The third-order valence-corrected chi connectivity index (χ3v) is 4.76. The highest BCUT2D eigenvalue weighted by Gasteiger charge is 2.11. The summed E-state index contributed by atoms with van der Waals surface area (Å²) >= 11 is 0. The van der Waals surface area contributed by atoms with Crippen LogP contribution in [0.1, 0.15) is 22.8 Å². The van der Waals surface area contributed by atoms with E-state index in [9.17, 15) is 9.59 Å². The molecule has 0 saturated heterocycles. The summed E-state index contributed by atoms with van der Waals surface area (Å²) in [7, 11) is 1.58. The lowest BCUT2D eigenvalue weighted by Crippen LogP contribution is -2.24. The molecule has 0 saturated carbocycles. The maximum absolute atomic E-state index is 12.8. The Kier molecular flexibility index (Phi) is 5.34. The molecule has 2 heterocycles. The lowest BCUT2D eigenvalue weighted by molar-refractivity contribution is 0.0950. The van der Waals surface area contributed by atoms with Crippen LogP contribution < -0.4 is 20.3 Å². The number of carbonyl (C=O) groups is 1. The van der Waals surface area contributed by atoms with E-state index in [0.29, 0.717) is 46.8 Å². The van der Waals surface area contributed by atoms with Gasteiger partial charge in [-0.15, -0.1) is 0 Å². The molecule has 4 aromatic rings. The number of fused-ring (bicyclic) bond motifs is 2. The number of para-hydroxylation sites is 1. The minimum Gasteiger partial charge on any atom is -0.493 e. The van der Waals surface area contributed by atoms with Gasteiger partial charge < -0.3 is 14.8 Å². The molecule has 1 N–H and O–H groups in total. The molecule has 0 unspecified atom stereocenters. The molecule has 0 fully saturated rings. The van der Waals surface area contributed by atoms with Crippen LogP contribution in [0.3, 0.4) is 0 Å². The monoisotopic (exact) mass is 403 g/mol. The number of nitrogens with one attached hydrogen (secondary N) is 1. The Bertz CT molecular complexity index is 1300. The zero-order chi connectivity index (χ0) is 21.1. The smallest absolute Gasteiger partial charge is 0.265 e. The minimum atomic E-state index is -0.286. The normalized spacial score (nSPS) is 10.9. The molecule has 0 aliphatic carbocycles. The quantitative estimate of drug-likeness (QED) is 0.500. The molecule has 0 atom stereocenters. The van der Waals surface area contributed by atoms with Gasteiger partial charge in [0.15, 0.2) is 11.5 Å². The molecule has 7 heteroatoms. The van der Waals surface area contributed by atoms with Crippen molar-refractivity contribution >= 4 is 22.5 Å². The molecule has 0 bridgehead atoms. The van der Waals surface area contributed by atoms with Crippen LogP contribution >= 0.6 is 0 Å². The number of pyridine rings is 1. The predicted molar refractivity (Wildman–Crippen MR) is 114 cm³/mol. The Hall–Kier alpha value is -3.87. The number of nitrogens with zero attached hydrogens (tertiary/aromatic N) is 2. The van der Waals surface area contributed by atoms with Crippen molar-refractivity contribution in [3.63, 3.8) is 0 Å². The molecule has 0 aliphatic heterocycles. The van der Waals surface area contributed by atoms with E-state index in [1.807, 2.05) is 25.1 Å². The second-order valence-corrected chi connectivity index (χ2v) is 6.68. The summed E-state index contributed by atoms with van der Waals surface area (Å²) in [5.74, 6) is 0.980. The van der Waals surface area contributed by atoms with Crippen LogP contribution in [0, 0.1) is 0 Å². The van der Waals surface area contributed by atoms with Crippen molar-refractivity contribution in [3.05, 3.63) is 82.3 Å². The highest BCUT2D eigenvalue weighted by atomic mass is 16.5. The van der Waals surface area contributed by atoms with Gasteiger partial charge in [0.1, 0.15) is 5.65 Å². The lowest BCUT2D eigenvalue weighted by atomic mass is 10.2. The van der Waals surface area contributed by atoms with Crippen LogP contribution in [-0.2, 0) is 6.54 Å². The summed E-state index contributed by atoms with van der Waals surface area (Å²) in [6.45, 7) is 2.72. The standard InChI is InChI=1S/C23H21N3O4/c1-3-30-20-12-15(8-10-19(20)29-2)13-24-22(27)16-9-11-21-25-18-7-5-4-6-17(18)23(28)26(21)14-16/h4-12,14H,3,13H2,1-2H3,(H,24,27). The summed E-state index contributed by atoms with van der Waals surface area (Å²) in [5, 5.41) is 3.38. The number of hydrogen-bond donors (Lipinski definition) is 1. The third-order valence-electron chi connectivity index (χ3n) is 4.76. The topological polar surface area (TPSA) is 81.9 Å². The summed E-state index contributed by atoms with van der Waals surface area (Å²) in [6.07, 6.45) is 1.52. The maximum Gasteiger partial charge on any atom is 0.265 e. The average molecular weight is 403 g/mol. The van der Waals surface area contributed by atoms with Crippen LogP contribution in [0.2, 0.25) is 0 Å². The Morgan fingerprint density at radius 2 is 1.93 bits per heavy atom. The largest absolute Gasteiger partial charge is 0.493 e. The molecule has 4 rings (SSSR count). The zero-order valence-electron chi connectivity index (χ0n) is 16.7. The number of ether oxygens (including phenoxy) is 2. The molecule has 30 heavy (non-hydrogen) atoms. The van der Waals surface area contributed by atoms with Crippen LogP contribution in [0.5, 0.6) is 11.5 Å². The van der Waals surface area contributed by atoms with Gasteiger partial charge in [0.2, 0.25) is 0 Å². The van der Waals surface area contributed by atoms with Gasteiger partial charge in [0.05, 0.1) is 30.2 Å². The maximum atomic E-state index is 12.8. The Morgan fingerprint density at radius 1 is 1.10 bits per heavy atom. The number of aromatic nitrogens is 2. The summed E-state index contributed by atoms with van der Waals surface area (Å²) in [6, 6.07) is 16.0. The minimum absolute atomic E-state index is 0.207. The van der Waals surface area contributed by atoms with Gasteiger partial charge in [-0.3, -0.25) is 14.0 Å². The first-order valence-electron chi connectivity index (χ1n) is 9.60. The number of carbonyl (C=O) groups excluding carboxylic acids is 1. The molecule has 0 spiro atoms. The predicted octanol–water partition coefficient (Wildman–Crippen LogP) is 3.19. The molecule has 2 aromatic carbocycles. The number of benzene rings is 2. The first-order chi connectivity index (χ1) is 14.6. The van der Waals surface area contributed by atoms with Gasteiger partial charge in [-0.1, -0.05) is 18.2 Å². The van der Waals surface area contributed by atoms with Gasteiger partial charge in [0.25, 0.3) is 11.5 Å². The molecular weight excluding hydrogens is 382 g/mol. The van der Waals surface area contributed by atoms with E-state index >= 15 is 0 Å². The van der Waals surface area contributed by atoms with Crippen molar-refractivity contribution in [2.75, 3.05) is 13.7 Å². The molecule has 2 aromatic heterocycles. The van der Waals surface area contributed by atoms with E-state index in [4.69, 9.17) is 9.47 Å². The third kappa shape index (κ3) is 3.69. The zero-order valence-corrected chi connectivity index (χ0v) is 16.7. The van der Waals surface area contributed by atoms with Crippen LogP contribution in [0.4, 0.5) is 0 Å². The summed E-state index contributed by atoms with van der Waals surface area (Å²) in [5.41, 5.74) is 2.16. The second kappa shape index (κ2) is 8.24. The molecule has 152 valence electrons. The fraction of sp³-hybridized carbons (Fsp3) is 0.174. The highest BCUT2D eigenvalue weighted by molar-refractivity contribution is 5.94. The van der Waals surface area contributed by atoms with E-state index < -0.39 is 0 Å².